The highest BCUT2D eigenvalue weighted by molar-refractivity contribution is 6.04. The first-order chi connectivity index (χ1) is 16.4. The van der Waals surface area contributed by atoms with Gasteiger partial charge < -0.3 is 10.6 Å². The highest BCUT2D eigenvalue weighted by Gasteiger charge is 2.09. The summed E-state index contributed by atoms with van der Waals surface area (Å²) in [6.07, 6.45) is 1.60. The van der Waals surface area contributed by atoms with E-state index in [-0.39, 0.29) is 36.9 Å². The Morgan fingerprint density at radius 1 is 1.03 bits per heavy atom. The second-order valence-electron chi connectivity index (χ2n) is 7.90. The van der Waals surface area contributed by atoms with Crippen molar-refractivity contribution >= 4 is 28.4 Å². The lowest BCUT2D eigenvalue weighted by Crippen LogP contribution is -2.27. The quantitative estimate of drug-likeness (QED) is 0.441. The minimum absolute atomic E-state index is 0.125. The van der Waals surface area contributed by atoms with Gasteiger partial charge in [-0.05, 0) is 60.5 Å². The van der Waals surface area contributed by atoms with Crippen molar-refractivity contribution in [2.75, 3.05) is 5.32 Å². The van der Waals surface area contributed by atoms with Crippen LogP contribution < -0.4 is 16.2 Å². The maximum Gasteiger partial charge on any atom is 0.261 e. The molecule has 0 saturated heterocycles. The number of nitrogens with one attached hydrogen (secondary N) is 2. The van der Waals surface area contributed by atoms with Crippen molar-refractivity contribution in [2.45, 2.75) is 26.4 Å². The van der Waals surface area contributed by atoms with E-state index in [1.165, 1.54) is 35.2 Å². The van der Waals surface area contributed by atoms with E-state index < -0.39 is 5.82 Å². The molecule has 8 heteroatoms. The topological polar surface area (TPSA) is 93.1 Å². The van der Waals surface area contributed by atoms with Gasteiger partial charge in [-0.25, -0.2) is 9.37 Å². The third-order valence-electron chi connectivity index (χ3n) is 5.42. The third kappa shape index (κ3) is 5.35. The Morgan fingerprint density at radius 2 is 1.79 bits per heavy atom. The molecule has 0 bridgehead atoms. The second kappa shape index (κ2) is 10.1. The van der Waals surface area contributed by atoms with Gasteiger partial charge in [0.1, 0.15) is 5.82 Å². The zero-order valence-corrected chi connectivity index (χ0v) is 18.5. The summed E-state index contributed by atoms with van der Waals surface area (Å²) in [6, 6.07) is 17.8. The highest BCUT2D eigenvalue weighted by atomic mass is 19.1. The lowest BCUT2D eigenvalue weighted by Gasteiger charge is -2.10. The zero-order chi connectivity index (χ0) is 24.1. The number of aromatic nitrogens is 2. The number of hydrogen-bond acceptors (Lipinski definition) is 4. The van der Waals surface area contributed by atoms with Crippen LogP contribution in [0.25, 0.3) is 10.9 Å². The molecule has 0 spiro atoms. The molecule has 2 amide bonds. The maximum absolute atomic E-state index is 13.0. The van der Waals surface area contributed by atoms with Gasteiger partial charge in [-0.2, -0.15) is 0 Å². The largest absolute Gasteiger partial charge is 0.352 e. The minimum atomic E-state index is -0.411. The summed E-state index contributed by atoms with van der Waals surface area (Å²) >= 11 is 0. The Labute approximate surface area is 195 Å². The molecule has 0 aliphatic heterocycles. The summed E-state index contributed by atoms with van der Waals surface area (Å²) in [4.78, 5) is 41.7. The van der Waals surface area contributed by atoms with Crippen molar-refractivity contribution in [2.24, 2.45) is 0 Å². The van der Waals surface area contributed by atoms with Crippen LogP contribution in [-0.2, 0) is 17.9 Å². The molecule has 7 nitrogen and oxygen atoms in total. The van der Waals surface area contributed by atoms with Crippen LogP contribution in [0.2, 0.25) is 0 Å². The molecule has 1 heterocycles. The molecule has 0 aliphatic rings. The van der Waals surface area contributed by atoms with Gasteiger partial charge in [0.2, 0.25) is 5.91 Å². The summed E-state index contributed by atoms with van der Waals surface area (Å²) in [5.74, 6) is -0.978. The first-order valence-electron chi connectivity index (χ1n) is 10.8. The van der Waals surface area contributed by atoms with Crippen LogP contribution in [-0.4, -0.2) is 21.4 Å². The molecule has 34 heavy (non-hydrogen) atoms. The molecule has 3 aromatic carbocycles. The number of carbonyl (C=O) groups is 2. The van der Waals surface area contributed by atoms with E-state index in [1.807, 2.05) is 25.1 Å². The summed E-state index contributed by atoms with van der Waals surface area (Å²) < 4.78 is 14.5. The standard InChI is InChI=1S/C26H23FN4O3/c1-17-4-2-7-22-24(17)29-16-31(26(22)34)13-12-23(32)28-15-18-5-3-6-21(14-18)30-25(33)19-8-10-20(27)11-9-19/h2-11,14,16H,12-13,15H2,1H3,(H,28,32)(H,30,33). The molecule has 2 N–H and O–H groups in total. The van der Waals surface area contributed by atoms with Gasteiger partial charge in [0.15, 0.2) is 0 Å². The molecular weight excluding hydrogens is 435 g/mol. The number of fused-ring (bicyclic) bond motifs is 1. The van der Waals surface area contributed by atoms with Crippen molar-refractivity contribution in [3.63, 3.8) is 0 Å². The molecule has 0 atom stereocenters. The van der Waals surface area contributed by atoms with Gasteiger partial charge in [-0.15, -0.1) is 0 Å². The number of anilines is 1. The molecule has 1 aromatic heterocycles. The first-order valence-corrected chi connectivity index (χ1v) is 10.8. The molecule has 0 fully saturated rings. The molecule has 172 valence electrons. The number of rotatable bonds is 7. The van der Waals surface area contributed by atoms with E-state index in [1.54, 1.807) is 24.3 Å². The predicted molar refractivity (Wildman–Crippen MR) is 128 cm³/mol. The number of amides is 2. The highest BCUT2D eigenvalue weighted by Crippen LogP contribution is 2.14. The molecule has 0 radical (unpaired) electrons. The monoisotopic (exact) mass is 458 g/mol. The average Bonchev–Trinajstić information content (AvgIpc) is 2.83. The van der Waals surface area contributed by atoms with Crippen molar-refractivity contribution < 1.29 is 14.0 Å². The van der Waals surface area contributed by atoms with E-state index in [9.17, 15) is 18.8 Å². The Morgan fingerprint density at radius 3 is 2.59 bits per heavy atom. The smallest absolute Gasteiger partial charge is 0.261 e. The van der Waals surface area contributed by atoms with Crippen LogP contribution in [0.4, 0.5) is 10.1 Å². The Hall–Kier alpha value is -4.33. The lowest BCUT2D eigenvalue weighted by molar-refractivity contribution is -0.121. The van der Waals surface area contributed by atoms with Crippen LogP contribution >= 0.6 is 0 Å². The summed E-state index contributed by atoms with van der Waals surface area (Å²) in [5, 5.41) is 6.11. The van der Waals surface area contributed by atoms with Gasteiger partial charge in [-0.3, -0.25) is 19.0 Å². The Bertz CT molecular complexity index is 1410. The SMILES string of the molecule is Cc1cccc2c(=O)n(CCC(=O)NCc3cccc(NC(=O)c4ccc(F)cc4)c3)cnc12. The van der Waals surface area contributed by atoms with Gasteiger partial charge >= 0.3 is 0 Å². The molecule has 0 aliphatic carbocycles. The van der Waals surface area contributed by atoms with Gasteiger partial charge in [0, 0.05) is 30.8 Å². The number of nitrogens with zero attached hydrogens (tertiary/aromatic N) is 2. The van der Waals surface area contributed by atoms with E-state index in [2.05, 4.69) is 15.6 Å². The van der Waals surface area contributed by atoms with Crippen LogP contribution in [0.3, 0.4) is 0 Å². The third-order valence-corrected chi connectivity index (χ3v) is 5.42. The number of hydrogen-bond donors (Lipinski definition) is 2. The van der Waals surface area contributed by atoms with E-state index in [4.69, 9.17) is 0 Å². The van der Waals surface area contributed by atoms with Crippen LogP contribution in [0.5, 0.6) is 0 Å². The summed E-state index contributed by atoms with van der Waals surface area (Å²) in [6.45, 7) is 2.38. The summed E-state index contributed by atoms with van der Waals surface area (Å²) in [7, 11) is 0. The number of carbonyl (C=O) groups excluding carboxylic acids is 2. The number of aryl methyl sites for hydroxylation is 2. The Kier molecular flexibility index (Phi) is 6.77. The normalized spacial score (nSPS) is 10.8. The predicted octanol–water partition coefficient (Wildman–Crippen LogP) is 3.80. The molecule has 0 saturated carbocycles. The zero-order valence-electron chi connectivity index (χ0n) is 18.5. The fourth-order valence-electron chi connectivity index (χ4n) is 3.57. The lowest BCUT2D eigenvalue weighted by atomic mass is 10.1. The van der Waals surface area contributed by atoms with Crippen molar-refractivity contribution in [1.82, 2.24) is 14.9 Å². The van der Waals surface area contributed by atoms with Crippen LogP contribution in [0, 0.1) is 12.7 Å². The molecule has 4 rings (SSSR count). The van der Waals surface area contributed by atoms with Crippen molar-refractivity contribution in [3.8, 4) is 0 Å². The van der Waals surface area contributed by atoms with Crippen LogP contribution in [0.1, 0.15) is 27.9 Å². The fraction of sp³-hybridized carbons (Fsp3) is 0.154. The minimum Gasteiger partial charge on any atom is -0.352 e. The summed E-state index contributed by atoms with van der Waals surface area (Å²) in [5.41, 5.74) is 3.12. The van der Waals surface area contributed by atoms with Gasteiger partial charge in [0.25, 0.3) is 11.5 Å². The number of benzene rings is 3. The fourth-order valence-corrected chi connectivity index (χ4v) is 3.57. The molecule has 4 aromatic rings. The Balaban J connectivity index is 1.32. The average molecular weight is 458 g/mol. The maximum atomic E-state index is 13.0. The first kappa shape index (κ1) is 22.8. The van der Waals surface area contributed by atoms with Gasteiger partial charge in [0.05, 0.1) is 17.2 Å². The van der Waals surface area contributed by atoms with Crippen LogP contribution in [0.15, 0.2) is 77.9 Å². The van der Waals surface area contributed by atoms with Crippen molar-refractivity contribution in [1.29, 1.82) is 0 Å². The van der Waals surface area contributed by atoms with Crippen molar-refractivity contribution in [3.05, 3.63) is 106 Å². The van der Waals surface area contributed by atoms with E-state index in [0.29, 0.717) is 22.2 Å². The van der Waals surface area contributed by atoms with E-state index in [0.717, 1.165) is 11.1 Å². The van der Waals surface area contributed by atoms with Gasteiger partial charge in [-0.1, -0.05) is 24.3 Å². The number of para-hydroxylation sites is 1. The van der Waals surface area contributed by atoms with E-state index >= 15 is 0 Å². The number of halogens is 1. The molecule has 0 unspecified atom stereocenters. The molecular formula is C26H23FN4O3. The second-order valence-corrected chi connectivity index (χ2v) is 7.90.